The van der Waals surface area contributed by atoms with Crippen molar-refractivity contribution in [2.24, 2.45) is 11.8 Å². The summed E-state index contributed by atoms with van der Waals surface area (Å²) in [7, 11) is 0. The summed E-state index contributed by atoms with van der Waals surface area (Å²) in [5, 5.41) is 3.36. The number of amides is 1. The van der Waals surface area contributed by atoms with E-state index >= 15 is 0 Å². The second-order valence-electron chi connectivity index (χ2n) is 6.12. The zero-order valence-electron chi connectivity index (χ0n) is 13.3. The number of ether oxygens (including phenoxy) is 1. The first-order valence-electron chi connectivity index (χ1n) is 7.80. The smallest absolute Gasteiger partial charge is 0.340 e. The molecule has 0 spiro atoms. The number of hydrogen-bond acceptors (Lipinski definition) is 3. The monoisotopic (exact) mass is 357 g/mol. The van der Waals surface area contributed by atoms with Gasteiger partial charge in [-0.1, -0.05) is 56.0 Å². The van der Waals surface area contributed by atoms with Gasteiger partial charge in [-0.3, -0.25) is 4.79 Å². The van der Waals surface area contributed by atoms with Crippen molar-refractivity contribution >= 4 is 35.1 Å². The zero-order chi connectivity index (χ0) is 17.0. The summed E-state index contributed by atoms with van der Waals surface area (Å²) in [6.45, 7) is 4.02. The van der Waals surface area contributed by atoms with E-state index < -0.39 is 5.97 Å². The van der Waals surface area contributed by atoms with Crippen molar-refractivity contribution < 1.29 is 14.3 Å². The maximum Gasteiger partial charge on any atom is 0.340 e. The molecular formula is C17H21Cl2NO3. The molecule has 0 unspecified atom stereocenters. The van der Waals surface area contributed by atoms with Crippen molar-refractivity contribution in [1.82, 2.24) is 5.32 Å². The van der Waals surface area contributed by atoms with Gasteiger partial charge < -0.3 is 10.1 Å². The Kier molecular flexibility index (Phi) is 6.31. The van der Waals surface area contributed by atoms with Gasteiger partial charge in [-0.2, -0.15) is 0 Å². The molecule has 1 aromatic rings. The number of rotatable bonds is 4. The lowest BCUT2D eigenvalue weighted by Crippen LogP contribution is -2.45. The molecule has 126 valence electrons. The summed E-state index contributed by atoms with van der Waals surface area (Å²) in [6, 6.07) is 4.84. The molecule has 1 aromatic carbocycles. The molecule has 1 aliphatic carbocycles. The number of hydrogen-bond donors (Lipinski definition) is 1. The van der Waals surface area contributed by atoms with Crippen LogP contribution in [0, 0.1) is 11.8 Å². The minimum Gasteiger partial charge on any atom is -0.452 e. The van der Waals surface area contributed by atoms with E-state index in [1.54, 1.807) is 12.1 Å². The highest BCUT2D eigenvalue weighted by Crippen LogP contribution is 2.29. The topological polar surface area (TPSA) is 55.4 Å². The first kappa shape index (κ1) is 18.1. The third kappa shape index (κ3) is 4.61. The minimum absolute atomic E-state index is 0.134. The van der Waals surface area contributed by atoms with Gasteiger partial charge in [0.15, 0.2) is 6.61 Å². The standard InChI is InChI=1S/C17H21Cl2NO3/c1-10-5-3-8-14(11(10)2)20-15(21)9-23-17(22)12-6-4-7-13(18)16(12)19/h4,6-7,10-11,14H,3,5,8-9H2,1-2H3,(H,20,21)/t10-,11-,14+/m1/s1. The number of halogens is 2. The van der Waals surface area contributed by atoms with Crippen molar-refractivity contribution in [3.05, 3.63) is 33.8 Å². The van der Waals surface area contributed by atoms with E-state index in [9.17, 15) is 9.59 Å². The van der Waals surface area contributed by atoms with Crippen LogP contribution in [-0.2, 0) is 9.53 Å². The van der Waals surface area contributed by atoms with E-state index in [-0.39, 0.29) is 34.2 Å². The molecule has 1 saturated carbocycles. The molecule has 0 bridgehead atoms. The van der Waals surface area contributed by atoms with Crippen molar-refractivity contribution in [1.29, 1.82) is 0 Å². The number of nitrogens with one attached hydrogen (secondary N) is 1. The Morgan fingerprint density at radius 2 is 2.00 bits per heavy atom. The van der Waals surface area contributed by atoms with E-state index in [0.717, 1.165) is 12.8 Å². The fourth-order valence-corrected chi connectivity index (χ4v) is 3.28. The van der Waals surface area contributed by atoms with Crippen LogP contribution in [0.1, 0.15) is 43.5 Å². The van der Waals surface area contributed by atoms with Gasteiger partial charge >= 0.3 is 5.97 Å². The normalized spacial score (nSPS) is 24.1. The average Bonchev–Trinajstić information content (AvgIpc) is 2.52. The van der Waals surface area contributed by atoms with Crippen LogP contribution in [0.15, 0.2) is 18.2 Å². The highest BCUT2D eigenvalue weighted by Gasteiger charge is 2.28. The number of carbonyl (C=O) groups excluding carboxylic acids is 2. The van der Waals surface area contributed by atoms with Gasteiger partial charge in [-0.05, 0) is 30.4 Å². The van der Waals surface area contributed by atoms with Crippen LogP contribution in [0.4, 0.5) is 0 Å². The number of carbonyl (C=O) groups is 2. The molecule has 1 aliphatic rings. The van der Waals surface area contributed by atoms with E-state index in [4.69, 9.17) is 27.9 Å². The molecule has 1 fully saturated rings. The number of esters is 1. The van der Waals surface area contributed by atoms with Gasteiger partial charge in [-0.15, -0.1) is 0 Å². The van der Waals surface area contributed by atoms with Crippen molar-refractivity contribution in [2.75, 3.05) is 6.61 Å². The fraction of sp³-hybridized carbons (Fsp3) is 0.529. The molecular weight excluding hydrogens is 337 g/mol. The van der Waals surface area contributed by atoms with Gasteiger partial charge in [0.2, 0.25) is 0 Å². The first-order chi connectivity index (χ1) is 10.9. The summed E-state index contributed by atoms with van der Waals surface area (Å²) >= 11 is 11.8. The van der Waals surface area contributed by atoms with Crippen LogP contribution < -0.4 is 5.32 Å². The third-order valence-corrected chi connectivity index (χ3v) is 5.38. The first-order valence-corrected chi connectivity index (χ1v) is 8.56. The van der Waals surface area contributed by atoms with Crippen LogP contribution in [-0.4, -0.2) is 24.5 Å². The molecule has 0 aliphatic heterocycles. The van der Waals surface area contributed by atoms with Gasteiger partial charge in [0.1, 0.15) is 0 Å². The van der Waals surface area contributed by atoms with Gasteiger partial charge in [0.25, 0.3) is 5.91 Å². The molecule has 1 amide bonds. The number of benzene rings is 1. The van der Waals surface area contributed by atoms with Crippen molar-refractivity contribution in [3.63, 3.8) is 0 Å². The lowest BCUT2D eigenvalue weighted by atomic mass is 9.78. The van der Waals surface area contributed by atoms with Gasteiger partial charge in [0, 0.05) is 6.04 Å². The lowest BCUT2D eigenvalue weighted by molar-refractivity contribution is -0.125. The predicted molar refractivity (Wildman–Crippen MR) is 90.9 cm³/mol. The summed E-state index contributed by atoms with van der Waals surface area (Å²) in [5.74, 6) is 0.0628. The van der Waals surface area contributed by atoms with Gasteiger partial charge in [-0.25, -0.2) is 4.79 Å². The van der Waals surface area contributed by atoms with E-state index in [2.05, 4.69) is 19.2 Å². The summed E-state index contributed by atoms with van der Waals surface area (Å²) in [5.41, 5.74) is 0.159. The Labute approximate surface area is 146 Å². The fourth-order valence-electron chi connectivity index (χ4n) is 2.90. The second kappa shape index (κ2) is 8.02. The second-order valence-corrected chi connectivity index (χ2v) is 6.90. The van der Waals surface area contributed by atoms with Crippen LogP contribution in [0.5, 0.6) is 0 Å². The van der Waals surface area contributed by atoms with Crippen LogP contribution in [0.3, 0.4) is 0 Å². The summed E-state index contributed by atoms with van der Waals surface area (Å²) in [4.78, 5) is 24.0. The summed E-state index contributed by atoms with van der Waals surface area (Å²) < 4.78 is 5.04. The minimum atomic E-state index is -0.655. The highest BCUT2D eigenvalue weighted by molar-refractivity contribution is 6.43. The molecule has 0 radical (unpaired) electrons. The highest BCUT2D eigenvalue weighted by atomic mass is 35.5. The Balaban J connectivity index is 1.86. The zero-order valence-corrected chi connectivity index (χ0v) is 14.8. The molecule has 6 heteroatoms. The van der Waals surface area contributed by atoms with E-state index in [0.29, 0.717) is 11.8 Å². The Morgan fingerprint density at radius 3 is 2.74 bits per heavy atom. The third-order valence-electron chi connectivity index (χ3n) is 4.56. The molecule has 4 nitrogen and oxygen atoms in total. The molecule has 0 heterocycles. The predicted octanol–water partition coefficient (Wildman–Crippen LogP) is 4.09. The lowest BCUT2D eigenvalue weighted by Gasteiger charge is -2.34. The van der Waals surface area contributed by atoms with Crippen LogP contribution in [0.2, 0.25) is 10.0 Å². The van der Waals surface area contributed by atoms with E-state index in [1.807, 2.05) is 0 Å². The maximum absolute atomic E-state index is 12.0. The SMILES string of the molecule is C[C@@H]1[C@H](C)CCC[C@@H]1NC(=O)COC(=O)c1cccc(Cl)c1Cl. The van der Waals surface area contributed by atoms with Crippen LogP contribution >= 0.6 is 23.2 Å². The quantitative estimate of drug-likeness (QED) is 0.825. The Bertz CT molecular complexity index is 591. The van der Waals surface area contributed by atoms with Gasteiger partial charge in [0.05, 0.1) is 15.6 Å². The molecule has 1 N–H and O–H groups in total. The van der Waals surface area contributed by atoms with Crippen LogP contribution in [0.25, 0.3) is 0 Å². The molecule has 0 saturated heterocycles. The Hall–Kier alpha value is -1.26. The van der Waals surface area contributed by atoms with Crippen molar-refractivity contribution in [3.8, 4) is 0 Å². The average molecular weight is 358 g/mol. The largest absolute Gasteiger partial charge is 0.452 e. The molecule has 0 aromatic heterocycles. The molecule has 2 rings (SSSR count). The molecule has 3 atom stereocenters. The maximum atomic E-state index is 12.0. The Morgan fingerprint density at radius 1 is 1.26 bits per heavy atom. The summed E-state index contributed by atoms with van der Waals surface area (Å²) in [6.07, 6.45) is 3.26. The van der Waals surface area contributed by atoms with Crippen molar-refractivity contribution in [2.45, 2.75) is 39.2 Å². The molecule has 23 heavy (non-hydrogen) atoms. The van der Waals surface area contributed by atoms with E-state index in [1.165, 1.54) is 12.5 Å².